The molecule has 0 unspecified atom stereocenters. The minimum atomic E-state index is 1.03. The van der Waals surface area contributed by atoms with Crippen LogP contribution in [0.25, 0.3) is 28.0 Å². The molecular formula is C26H18. The lowest BCUT2D eigenvalue weighted by molar-refractivity contribution is 1.64. The van der Waals surface area contributed by atoms with Crippen LogP contribution in [0.1, 0.15) is 11.1 Å². The van der Waals surface area contributed by atoms with E-state index in [-0.39, 0.29) is 0 Å². The van der Waals surface area contributed by atoms with Gasteiger partial charge in [-0.1, -0.05) is 90.7 Å². The number of benzene rings is 4. The maximum atomic E-state index is 3.15. The fourth-order valence-electron chi connectivity index (χ4n) is 3.05. The Hall–Kier alpha value is -3.56. The van der Waals surface area contributed by atoms with E-state index in [0.29, 0.717) is 0 Å². The van der Waals surface area contributed by atoms with Gasteiger partial charge in [0.25, 0.3) is 0 Å². The first kappa shape index (κ1) is 15.9. The van der Waals surface area contributed by atoms with Gasteiger partial charge in [-0.3, -0.25) is 0 Å². The molecule has 0 saturated carbocycles. The Bertz CT molecular complexity index is 1110. The lowest BCUT2D eigenvalue weighted by atomic mass is 9.97. The standard InChI is InChI=1S/C26H18/c1-3-10-21(11-4-1)12-7-8-13-22-18-19-24-16-9-17-25(26(24)20-22)23-14-5-2-6-15-23/h1-6,8-11,13-20H/b13-8-. The zero-order chi connectivity index (χ0) is 17.6. The van der Waals surface area contributed by atoms with Gasteiger partial charge in [-0.05, 0) is 57.8 Å². The summed E-state index contributed by atoms with van der Waals surface area (Å²) in [4.78, 5) is 0. The molecule has 0 N–H and O–H groups in total. The maximum Gasteiger partial charge on any atom is 0.0248 e. The largest absolute Gasteiger partial charge is 0.0696 e. The molecular weight excluding hydrogens is 312 g/mol. The van der Waals surface area contributed by atoms with Crippen molar-refractivity contribution >= 4 is 16.8 Å². The zero-order valence-electron chi connectivity index (χ0n) is 14.4. The van der Waals surface area contributed by atoms with E-state index in [1.807, 2.05) is 42.5 Å². The lowest BCUT2D eigenvalue weighted by Gasteiger charge is -2.07. The maximum absolute atomic E-state index is 3.15. The molecule has 0 aliphatic rings. The molecule has 0 heteroatoms. The second kappa shape index (κ2) is 7.55. The Morgan fingerprint density at radius 3 is 2.23 bits per heavy atom. The summed E-state index contributed by atoms with van der Waals surface area (Å²) in [6.07, 6.45) is 3.98. The van der Waals surface area contributed by atoms with E-state index in [2.05, 4.69) is 78.6 Å². The minimum Gasteiger partial charge on any atom is -0.0696 e. The van der Waals surface area contributed by atoms with Crippen LogP contribution in [0.2, 0.25) is 0 Å². The number of allylic oxidation sites excluding steroid dienone is 1. The Morgan fingerprint density at radius 1 is 0.654 bits per heavy atom. The highest BCUT2D eigenvalue weighted by Gasteiger charge is 2.03. The van der Waals surface area contributed by atoms with Crippen molar-refractivity contribution in [2.75, 3.05) is 0 Å². The molecule has 4 aromatic rings. The first-order chi connectivity index (χ1) is 12.9. The fraction of sp³-hybridized carbons (Fsp3) is 0. The van der Waals surface area contributed by atoms with E-state index in [9.17, 15) is 0 Å². The van der Waals surface area contributed by atoms with Crippen LogP contribution in [0, 0.1) is 11.8 Å². The average molecular weight is 330 g/mol. The van der Waals surface area contributed by atoms with Crippen molar-refractivity contribution in [2.24, 2.45) is 0 Å². The highest BCUT2D eigenvalue weighted by Crippen LogP contribution is 2.29. The summed E-state index contributed by atoms with van der Waals surface area (Å²) in [5.41, 5.74) is 4.68. The molecule has 0 saturated heterocycles. The van der Waals surface area contributed by atoms with Crippen LogP contribution in [0.15, 0.2) is 103 Å². The highest BCUT2D eigenvalue weighted by molar-refractivity contribution is 5.97. The molecule has 0 radical (unpaired) electrons. The fourth-order valence-corrected chi connectivity index (χ4v) is 3.05. The van der Waals surface area contributed by atoms with Crippen molar-refractivity contribution < 1.29 is 0 Å². The zero-order valence-corrected chi connectivity index (χ0v) is 14.4. The SMILES string of the molecule is C(#Cc1ccccc1)/C=C\c1ccc2cccc(-c3ccccc3)c2c1. The smallest absolute Gasteiger partial charge is 0.0248 e. The number of hydrogen-bond acceptors (Lipinski definition) is 0. The molecule has 0 aliphatic heterocycles. The van der Waals surface area contributed by atoms with Crippen LogP contribution >= 0.6 is 0 Å². The molecule has 26 heavy (non-hydrogen) atoms. The predicted molar refractivity (Wildman–Crippen MR) is 112 cm³/mol. The molecule has 0 nitrogen and oxygen atoms in total. The molecule has 0 atom stereocenters. The quantitative estimate of drug-likeness (QED) is 0.365. The molecule has 0 aliphatic carbocycles. The van der Waals surface area contributed by atoms with Gasteiger partial charge in [0.2, 0.25) is 0 Å². The monoisotopic (exact) mass is 330 g/mol. The molecule has 0 aromatic heterocycles. The van der Waals surface area contributed by atoms with Crippen molar-refractivity contribution in [1.29, 1.82) is 0 Å². The third-order valence-corrected chi connectivity index (χ3v) is 4.34. The van der Waals surface area contributed by atoms with E-state index >= 15 is 0 Å². The Kier molecular flexibility index (Phi) is 4.63. The van der Waals surface area contributed by atoms with Gasteiger partial charge in [-0.2, -0.15) is 0 Å². The van der Waals surface area contributed by atoms with Gasteiger partial charge in [0, 0.05) is 5.56 Å². The van der Waals surface area contributed by atoms with Crippen LogP contribution in [0.3, 0.4) is 0 Å². The van der Waals surface area contributed by atoms with E-state index in [1.54, 1.807) is 0 Å². The summed E-state index contributed by atoms with van der Waals surface area (Å²) >= 11 is 0. The third kappa shape index (κ3) is 3.58. The summed E-state index contributed by atoms with van der Waals surface area (Å²) in [6, 6.07) is 33.6. The van der Waals surface area contributed by atoms with Gasteiger partial charge in [0.1, 0.15) is 0 Å². The molecule has 0 bridgehead atoms. The van der Waals surface area contributed by atoms with Gasteiger partial charge < -0.3 is 0 Å². The second-order valence-electron chi connectivity index (χ2n) is 6.12. The Morgan fingerprint density at radius 2 is 1.42 bits per heavy atom. The number of hydrogen-bond donors (Lipinski definition) is 0. The lowest BCUT2D eigenvalue weighted by Crippen LogP contribution is -1.82. The summed E-state index contributed by atoms with van der Waals surface area (Å²) in [5, 5.41) is 2.51. The summed E-state index contributed by atoms with van der Waals surface area (Å²) < 4.78 is 0. The van der Waals surface area contributed by atoms with Crippen molar-refractivity contribution in [1.82, 2.24) is 0 Å². The minimum absolute atomic E-state index is 1.03. The van der Waals surface area contributed by atoms with Gasteiger partial charge in [-0.25, -0.2) is 0 Å². The van der Waals surface area contributed by atoms with Crippen LogP contribution in [-0.2, 0) is 0 Å². The van der Waals surface area contributed by atoms with Crippen LogP contribution in [-0.4, -0.2) is 0 Å². The molecule has 0 spiro atoms. The Balaban J connectivity index is 1.67. The molecule has 122 valence electrons. The van der Waals surface area contributed by atoms with Gasteiger partial charge in [0.05, 0.1) is 0 Å². The van der Waals surface area contributed by atoms with Crippen molar-refractivity contribution in [2.45, 2.75) is 0 Å². The van der Waals surface area contributed by atoms with Crippen LogP contribution < -0.4 is 0 Å². The highest BCUT2D eigenvalue weighted by atomic mass is 14.1. The average Bonchev–Trinajstić information content (AvgIpc) is 2.72. The predicted octanol–water partition coefficient (Wildman–Crippen LogP) is 6.57. The first-order valence-electron chi connectivity index (χ1n) is 8.71. The number of rotatable bonds is 2. The second-order valence-corrected chi connectivity index (χ2v) is 6.12. The summed E-state index contributed by atoms with van der Waals surface area (Å²) in [7, 11) is 0. The first-order valence-corrected chi connectivity index (χ1v) is 8.71. The van der Waals surface area contributed by atoms with Crippen molar-refractivity contribution in [3.8, 4) is 23.0 Å². The van der Waals surface area contributed by atoms with Crippen molar-refractivity contribution in [3.05, 3.63) is 114 Å². The third-order valence-electron chi connectivity index (χ3n) is 4.34. The summed E-state index contributed by atoms with van der Waals surface area (Å²) in [5.74, 6) is 6.27. The van der Waals surface area contributed by atoms with E-state index in [4.69, 9.17) is 0 Å². The number of fused-ring (bicyclic) bond motifs is 1. The van der Waals surface area contributed by atoms with E-state index in [0.717, 1.165) is 11.1 Å². The molecule has 4 aromatic carbocycles. The molecule has 0 amide bonds. The normalized spacial score (nSPS) is 10.6. The molecule has 0 heterocycles. The molecule has 4 rings (SSSR count). The van der Waals surface area contributed by atoms with Crippen molar-refractivity contribution in [3.63, 3.8) is 0 Å². The van der Waals surface area contributed by atoms with E-state index in [1.165, 1.54) is 21.9 Å². The van der Waals surface area contributed by atoms with E-state index < -0.39 is 0 Å². The summed E-state index contributed by atoms with van der Waals surface area (Å²) in [6.45, 7) is 0. The van der Waals surface area contributed by atoms with Gasteiger partial charge in [-0.15, -0.1) is 0 Å². The topological polar surface area (TPSA) is 0 Å². The molecule has 0 fully saturated rings. The Labute approximate surface area is 154 Å². The van der Waals surface area contributed by atoms with Crippen LogP contribution in [0.4, 0.5) is 0 Å². The van der Waals surface area contributed by atoms with Gasteiger partial charge >= 0.3 is 0 Å². The van der Waals surface area contributed by atoms with Gasteiger partial charge in [0.15, 0.2) is 0 Å². The van der Waals surface area contributed by atoms with Crippen LogP contribution in [0.5, 0.6) is 0 Å².